The van der Waals surface area contributed by atoms with Crippen LogP contribution in [0.25, 0.3) is 0 Å². The largest absolute Gasteiger partial charge is 0.376 e. The first kappa shape index (κ1) is 15.6. The van der Waals surface area contributed by atoms with Gasteiger partial charge in [0.25, 0.3) is 10.2 Å². The Hall–Kier alpha value is -0.430. The SMILES string of the molecule is C=C(C)COCCNS(=O)(=O)N1CCCCC1C. The monoisotopic (exact) mass is 276 g/mol. The molecule has 0 aromatic heterocycles. The third-order valence-corrected chi connectivity index (χ3v) is 4.66. The third kappa shape index (κ3) is 5.06. The summed E-state index contributed by atoms with van der Waals surface area (Å²) in [7, 11) is -3.35. The van der Waals surface area contributed by atoms with E-state index in [4.69, 9.17) is 4.74 Å². The van der Waals surface area contributed by atoms with Crippen molar-refractivity contribution in [3.63, 3.8) is 0 Å². The van der Waals surface area contributed by atoms with E-state index in [9.17, 15) is 8.42 Å². The summed E-state index contributed by atoms with van der Waals surface area (Å²) in [5, 5.41) is 0. The fourth-order valence-electron chi connectivity index (χ4n) is 2.00. The lowest BCUT2D eigenvalue weighted by atomic mass is 10.1. The van der Waals surface area contributed by atoms with Gasteiger partial charge in [0, 0.05) is 19.1 Å². The molecule has 1 N–H and O–H groups in total. The van der Waals surface area contributed by atoms with Gasteiger partial charge in [0.2, 0.25) is 0 Å². The number of ether oxygens (including phenoxy) is 1. The summed E-state index contributed by atoms with van der Waals surface area (Å²) in [4.78, 5) is 0. The third-order valence-electron chi connectivity index (χ3n) is 2.93. The normalized spacial score (nSPS) is 22.0. The lowest BCUT2D eigenvalue weighted by molar-refractivity contribution is 0.161. The Balaban J connectivity index is 2.32. The summed E-state index contributed by atoms with van der Waals surface area (Å²) in [5.41, 5.74) is 0.933. The van der Waals surface area contributed by atoms with E-state index in [1.54, 1.807) is 4.31 Å². The summed E-state index contributed by atoms with van der Waals surface area (Å²) < 4.78 is 33.5. The van der Waals surface area contributed by atoms with Gasteiger partial charge in [0.05, 0.1) is 13.2 Å². The summed E-state index contributed by atoms with van der Waals surface area (Å²) in [5.74, 6) is 0. The first-order valence-electron chi connectivity index (χ1n) is 6.42. The van der Waals surface area contributed by atoms with Crippen molar-refractivity contribution in [2.75, 3.05) is 26.3 Å². The van der Waals surface area contributed by atoms with Crippen LogP contribution in [0.2, 0.25) is 0 Å². The van der Waals surface area contributed by atoms with Gasteiger partial charge in [0.15, 0.2) is 0 Å². The average Bonchev–Trinajstić information content (AvgIpc) is 2.28. The first-order valence-corrected chi connectivity index (χ1v) is 7.86. The van der Waals surface area contributed by atoms with Crippen LogP contribution in [0.15, 0.2) is 12.2 Å². The van der Waals surface area contributed by atoms with E-state index >= 15 is 0 Å². The minimum Gasteiger partial charge on any atom is -0.376 e. The maximum atomic E-state index is 12.0. The van der Waals surface area contributed by atoms with E-state index in [-0.39, 0.29) is 6.04 Å². The van der Waals surface area contributed by atoms with Crippen LogP contribution in [0, 0.1) is 0 Å². The van der Waals surface area contributed by atoms with E-state index in [0.29, 0.717) is 26.3 Å². The zero-order chi connectivity index (χ0) is 13.6. The van der Waals surface area contributed by atoms with Crippen molar-refractivity contribution >= 4 is 10.2 Å². The summed E-state index contributed by atoms with van der Waals surface area (Å²) in [6, 6.07) is 0.0904. The van der Waals surface area contributed by atoms with Gasteiger partial charge in [-0.25, -0.2) is 0 Å². The topological polar surface area (TPSA) is 58.6 Å². The number of piperidine rings is 1. The Morgan fingerprint density at radius 1 is 1.50 bits per heavy atom. The van der Waals surface area contributed by atoms with Crippen LogP contribution in [0.4, 0.5) is 0 Å². The predicted molar refractivity (Wildman–Crippen MR) is 72.6 cm³/mol. The standard InChI is InChI=1S/C12H24N2O3S/c1-11(2)10-17-9-7-13-18(15,16)14-8-5-4-6-12(14)3/h12-13H,1,4-10H2,2-3H3. The van der Waals surface area contributed by atoms with Crippen molar-refractivity contribution in [1.82, 2.24) is 9.03 Å². The highest BCUT2D eigenvalue weighted by Crippen LogP contribution is 2.18. The maximum absolute atomic E-state index is 12.0. The average molecular weight is 276 g/mol. The highest BCUT2D eigenvalue weighted by atomic mass is 32.2. The molecule has 0 amide bonds. The molecule has 1 heterocycles. The minimum atomic E-state index is -3.35. The van der Waals surface area contributed by atoms with E-state index < -0.39 is 10.2 Å². The molecule has 0 aliphatic carbocycles. The molecule has 0 saturated carbocycles. The number of rotatable bonds is 7. The van der Waals surface area contributed by atoms with Crippen molar-refractivity contribution in [3.8, 4) is 0 Å². The van der Waals surface area contributed by atoms with Crippen LogP contribution < -0.4 is 4.72 Å². The quantitative estimate of drug-likeness (QED) is 0.563. The zero-order valence-corrected chi connectivity index (χ0v) is 12.1. The van der Waals surface area contributed by atoms with Crippen molar-refractivity contribution in [2.24, 2.45) is 0 Å². The van der Waals surface area contributed by atoms with Gasteiger partial charge < -0.3 is 4.74 Å². The van der Waals surface area contributed by atoms with E-state index in [1.165, 1.54) is 0 Å². The van der Waals surface area contributed by atoms with Crippen molar-refractivity contribution in [2.45, 2.75) is 39.2 Å². The second-order valence-electron chi connectivity index (χ2n) is 4.86. The van der Waals surface area contributed by atoms with Gasteiger partial charge in [0.1, 0.15) is 0 Å². The molecule has 5 nitrogen and oxygen atoms in total. The molecule has 0 aromatic carbocycles. The maximum Gasteiger partial charge on any atom is 0.279 e. The summed E-state index contributed by atoms with van der Waals surface area (Å²) in [6.07, 6.45) is 2.99. The fraction of sp³-hybridized carbons (Fsp3) is 0.833. The van der Waals surface area contributed by atoms with Crippen molar-refractivity contribution < 1.29 is 13.2 Å². The molecule has 0 bridgehead atoms. The predicted octanol–water partition coefficient (Wildman–Crippen LogP) is 1.29. The Labute approximate surface area is 110 Å². The Kier molecular flexibility index (Phi) is 6.28. The molecule has 0 radical (unpaired) electrons. The molecule has 1 aliphatic rings. The van der Waals surface area contributed by atoms with Gasteiger partial charge in [-0.05, 0) is 26.7 Å². The lowest BCUT2D eigenvalue weighted by Gasteiger charge is -2.32. The lowest BCUT2D eigenvalue weighted by Crippen LogP contribution is -2.48. The van der Waals surface area contributed by atoms with Crippen molar-refractivity contribution in [3.05, 3.63) is 12.2 Å². The van der Waals surface area contributed by atoms with E-state index in [2.05, 4.69) is 11.3 Å². The molecule has 1 saturated heterocycles. The smallest absolute Gasteiger partial charge is 0.279 e. The number of hydrogen-bond donors (Lipinski definition) is 1. The molecule has 1 aliphatic heterocycles. The Bertz CT molecular complexity index is 368. The molecule has 106 valence electrons. The summed E-state index contributed by atoms with van der Waals surface area (Å²) >= 11 is 0. The zero-order valence-electron chi connectivity index (χ0n) is 11.3. The molecule has 1 unspecified atom stereocenters. The van der Waals surface area contributed by atoms with E-state index in [1.807, 2.05) is 13.8 Å². The highest BCUT2D eigenvalue weighted by Gasteiger charge is 2.28. The number of nitrogens with zero attached hydrogens (tertiary/aromatic N) is 1. The molecule has 1 atom stereocenters. The van der Waals surface area contributed by atoms with Crippen LogP contribution in [0.1, 0.15) is 33.1 Å². The molecule has 1 rings (SSSR count). The molecule has 0 aromatic rings. The Morgan fingerprint density at radius 2 is 2.22 bits per heavy atom. The molecule has 1 fully saturated rings. The van der Waals surface area contributed by atoms with Crippen LogP contribution in [0.3, 0.4) is 0 Å². The van der Waals surface area contributed by atoms with Crippen LogP contribution in [-0.2, 0) is 14.9 Å². The second-order valence-corrected chi connectivity index (χ2v) is 6.57. The molecule has 6 heteroatoms. The Morgan fingerprint density at radius 3 is 2.83 bits per heavy atom. The second kappa shape index (κ2) is 7.23. The highest BCUT2D eigenvalue weighted by molar-refractivity contribution is 7.87. The summed E-state index contributed by atoms with van der Waals surface area (Å²) in [6.45, 7) is 9.30. The molecular formula is C12H24N2O3S. The van der Waals surface area contributed by atoms with Gasteiger partial charge in [-0.1, -0.05) is 18.6 Å². The number of nitrogens with one attached hydrogen (secondary N) is 1. The van der Waals surface area contributed by atoms with Crippen LogP contribution >= 0.6 is 0 Å². The van der Waals surface area contributed by atoms with Gasteiger partial charge >= 0.3 is 0 Å². The first-order chi connectivity index (χ1) is 8.43. The van der Waals surface area contributed by atoms with Gasteiger partial charge in [-0.2, -0.15) is 17.4 Å². The molecule has 18 heavy (non-hydrogen) atoms. The van der Waals surface area contributed by atoms with Crippen LogP contribution in [-0.4, -0.2) is 45.1 Å². The molecule has 0 spiro atoms. The van der Waals surface area contributed by atoms with Crippen molar-refractivity contribution in [1.29, 1.82) is 0 Å². The number of hydrogen-bond acceptors (Lipinski definition) is 3. The fourth-order valence-corrected chi connectivity index (χ4v) is 3.46. The minimum absolute atomic E-state index is 0.0904. The van der Waals surface area contributed by atoms with Crippen LogP contribution in [0.5, 0.6) is 0 Å². The van der Waals surface area contributed by atoms with E-state index in [0.717, 1.165) is 24.8 Å². The molecular weight excluding hydrogens is 252 g/mol. The van der Waals surface area contributed by atoms with Gasteiger partial charge in [-0.3, -0.25) is 0 Å². The van der Waals surface area contributed by atoms with Gasteiger partial charge in [-0.15, -0.1) is 0 Å².